The van der Waals surface area contributed by atoms with Gasteiger partial charge >= 0.3 is 0 Å². The maximum Gasteiger partial charge on any atom is 0.191 e. The van der Waals surface area contributed by atoms with Crippen LogP contribution in [0.3, 0.4) is 0 Å². The minimum Gasteiger partial charge on any atom is -0.493 e. The van der Waals surface area contributed by atoms with Crippen molar-refractivity contribution in [1.82, 2.24) is 20.4 Å². The maximum atomic E-state index is 5.48. The summed E-state index contributed by atoms with van der Waals surface area (Å²) in [7, 11) is 3.39. The van der Waals surface area contributed by atoms with Gasteiger partial charge in [-0.1, -0.05) is 13.8 Å². The molecule has 0 saturated heterocycles. The van der Waals surface area contributed by atoms with Gasteiger partial charge in [0.05, 0.1) is 20.8 Å². The van der Waals surface area contributed by atoms with E-state index in [1.807, 2.05) is 0 Å². The molecule has 0 spiro atoms. The van der Waals surface area contributed by atoms with E-state index in [4.69, 9.17) is 14.5 Å². The van der Waals surface area contributed by atoms with E-state index >= 15 is 0 Å². The molecule has 7 nitrogen and oxygen atoms in total. The van der Waals surface area contributed by atoms with Crippen LogP contribution in [0.15, 0.2) is 17.1 Å². The molecular formula is C25H46IN5O2. The van der Waals surface area contributed by atoms with E-state index < -0.39 is 0 Å². The van der Waals surface area contributed by atoms with Gasteiger partial charge in [-0.15, -0.1) is 24.0 Å². The number of hydrogen-bond acceptors (Lipinski definition) is 5. The smallest absolute Gasteiger partial charge is 0.191 e. The minimum atomic E-state index is 0. The van der Waals surface area contributed by atoms with E-state index in [1.54, 1.807) is 14.2 Å². The number of nitrogens with zero attached hydrogens (tertiary/aromatic N) is 3. The zero-order valence-corrected chi connectivity index (χ0v) is 23.9. The van der Waals surface area contributed by atoms with Gasteiger partial charge in [0, 0.05) is 32.2 Å². The van der Waals surface area contributed by atoms with E-state index in [9.17, 15) is 0 Å². The van der Waals surface area contributed by atoms with Crippen LogP contribution in [0, 0.1) is 0 Å². The summed E-state index contributed by atoms with van der Waals surface area (Å²) in [5, 5.41) is 6.98. The second-order valence-electron chi connectivity index (χ2n) is 8.48. The minimum absolute atomic E-state index is 0. The highest BCUT2D eigenvalue weighted by Crippen LogP contribution is 2.33. The third-order valence-corrected chi connectivity index (χ3v) is 6.22. The fraction of sp³-hybridized carbons (Fsp3) is 0.720. The first-order chi connectivity index (χ1) is 15.5. The zero-order valence-electron chi connectivity index (χ0n) is 21.6. The van der Waals surface area contributed by atoms with E-state index in [1.165, 1.54) is 24.1 Å². The van der Waals surface area contributed by atoms with Crippen LogP contribution in [0.25, 0.3) is 0 Å². The Hall–Kier alpha value is -1.26. The highest BCUT2D eigenvalue weighted by atomic mass is 127. The maximum absolute atomic E-state index is 5.48. The predicted octanol–water partition coefficient (Wildman–Crippen LogP) is 3.75. The van der Waals surface area contributed by atoms with Gasteiger partial charge in [-0.25, -0.2) is 0 Å². The Bertz CT molecular complexity index is 712. The molecule has 0 aliphatic carbocycles. The topological polar surface area (TPSA) is 61.4 Å². The molecule has 0 fully saturated rings. The Morgan fingerprint density at radius 3 is 2.39 bits per heavy atom. The number of aliphatic imine (C=N–C) groups is 1. The Labute approximate surface area is 218 Å². The van der Waals surface area contributed by atoms with Gasteiger partial charge in [-0.3, -0.25) is 9.89 Å². The van der Waals surface area contributed by atoms with Crippen LogP contribution in [-0.4, -0.2) is 81.8 Å². The number of hydrogen-bond donors (Lipinski definition) is 2. The first kappa shape index (κ1) is 29.8. The predicted molar refractivity (Wildman–Crippen MR) is 150 cm³/mol. The molecule has 0 radical (unpaired) electrons. The highest BCUT2D eigenvalue weighted by molar-refractivity contribution is 14.0. The Morgan fingerprint density at radius 1 is 1.12 bits per heavy atom. The van der Waals surface area contributed by atoms with Crippen molar-refractivity contribution in [2.24, 2.45) is 4.99 Å². The number of rotatable bonds is 13. The first-order valence-corrected chi connectivity index (χ1v) is 12.3. The fourth-order valence-corrected chi connectivity index (χ4v) is 4.22. The second kappa shape index (κ2) is 16.4. The van der Waals surface area contributed by atoms with E-state index in [2.05, 4.69) is 60.3 Å². The number of fused-ring (bicyclic) bond motifs is 1. The molecule has 1 atom stereocenters. The lowest BCUT2D eigenvalue weighted by Crippen LogP contribution is -2.43. The summed E-state index contributed by atoms with van der Waals surface area (Å²) in [6.07, 6.45) is 3.38. The SMILES string of the molecule is CCNC(=NCCN1CCc2cc(OC)c(OC)cc2C1)NC(C)CCCN(CC)CC.I. The molecule has 0 amide bonds. The van der Waals surface area contributed by atoms with E-state index in [-0.39, 0.29) is 24.0 Å². The average molecular weight is 576 g/mol. The van der Waals surface area contributed by atoms with Crippen LogP contribution >= 0.6 is 24.0 Å². The van der Waals surface area contributed by atoms with Crippen LogP contribution in [0.1, 0.15) is 51.7 Å². The van der Waals surface area contributed by atoms with Crippen molar-refractivity contribution in [2.75, 3.05) is 60.0 Å². The summed E-state index contributed by atoms with van der Waals surface area (Å²) in [4.78, 5) is 9.79. The fourth-order valence-electron chi connectivity index (χ4n) is 4.22. The largest absolute Gasteiger partial charge is 0.493 e. The monoisotopic (exact) mass is 575 g/mol. The second-order valence-corrected chi connectivity index (χ2v) is 8.48. The van der Waals surface area contributed by atoms with Crippen molar-refractivity contribution < 1.29 is 9.47 Å². The van der Waals surface area contributed by atoms with E-state index in [0.29, 0.717) is 6.04 Å². The molecule has 0 saturated carbocycles. The van der Waals surface area contributed by atoms with Gasteiger partial charge in [-0.05, 0) is 76.0 Å². The molecule has 33 heavy (non-hydrogen) atoms. The molecule has 0 aromatic heterocycles. The Morgan fingerprint density at radius 2 is 1.79 bits per heavy atom. The number of ether oxygens (including phenoxy) is 2. The number of nitrogens with one attached hydrogen (secondary N) is 2. The average Bonchev–Trinajstić information content (AvgIpc) is 2.80. The molecule has 1 aromatic carbocycles. The van der Waals surface area contributed by atoms with Gasteiger partial charge in [0.2, 0.25) is 0 Å². The lowest BCUT2D eigenvalue weighted by atomic mass is 9.99. The quantitative estimate of drug-likeness (QED) is 0.212. The standard InChI is InChI=1S/C25H45N5O2.HI/c1-7-26-25(28-20(4)11-10-14-29(8-2)9-3)27-13-16-30-15-12-21-17-23(31-5)24(32-6)18-22(21)19-30;/h17-18,20H,7-16,19H2,1-6H3,(H2,26,27,28);1H. The summed E-state index contributed by atoms with van der Waals surface area (Å²) < 4.78 is 10.9. The number of methoxy groups -OCH3 is 2. The van der Waals surface area contributed by atoms with Crippen LogP contribution in [0.5, 0.6) is 11.5 Å². The molecule has 8 heteroatoms. The molecule has 190 valence electrons. The van der Waals surface area contributed by atoms with Crippen molar-refractivity contribution in [1.29, 1.82) is 0 Å². The molecular weight excluding hydrogens is 529 g/mol. The summed E-state index contributed by atoms with van der Waals surface area (Å²) in [6, 6.07) is 4.65. The summed E-state index contributed by atoms with van der Waals surface area (Å²) in [5.41, 5.74) is 2.68. The lowest BCUT2D eigenvalue weighted by Gasteiger charge is -2.29. The van der Waals surface area contributed by atoms with Gasteiger partial charge in [0.25, 0.3) is 0 Å². The Balaban J connectivity index is 0.00000544. The van der Waals surface area contributed by atoms with Crippen molar-refractivity contribution in [2.45, 2.75) is 59.5 Å². The molecule has 1 unspecified atom stereocenters. The zero-order chi connectivity index (χ0) is 23.3. The molecule has 1 aliphatic heterocycles. The van der Waals surface area contributed by atoms with Crippen molar-refractivity contribution in [3.63, 3.8) is 0 Å². The van der Waals surface area contributed by atoms with Crippen LogP contribution in [0.4, 0.5) is 0 Å². The van der Waals surface area contributed by atoms with Crippen molar-refractivity contribution in [3.8, 4) is 11.5 Å². The number of benzene rings is 1. The van der Waals surface area contributed by atoms with Crippen molar-refractivity contribution in [3.05, 3.63) is 23.3 Å². The van der Waals surface area contributed by atoms with E-state index in [0.717, 1.165) is 76.1 Å². The number of guanidine groups is 1. The Kier molecular flexibility index (Phi) is 14.8. The van der Waals surface area contributed by atoms with Gasteiger partial charge < -0.3 is 25.0 Å². The molecule has 1 aliphatic rings. The normalized spacial score (nSPS) is 14.9. The first-order valence-electron chi connectivity index (χ1n) is 12.3. The molecule has 2 rings (SSSR count). The summed E-state index contributed by atoms with van der Waals surface area (Å²) in [6.45, 7) is 16.8. The third kappa shape index (κ3) is 9.86. The highest BCUT2D eigenvalue weighted by Gasteiger charge is 2.19. The molecule has 2 N–H and O–H groups in total. The summed E-state index contributed by atoms with van der Waals surface area (Å²) in [5.74, 6) is 2.54. The lowest BCUT2D eigenvalue weighted by molar-refractivity contribution is 0.259. The molecule has 1 aromatic rings. The third-order valence-electron chi connectivity index (χ3n) is 6.22. The molecule has 0 bridgehead atoms. The van der Waals surface area contributed by atoms with Crippen molar-refractivity contribution >= 4 is 29.9 Å². The van der Waals surface area contributed by atoms with Crippen LogP contribution < -0.4 is 20.1 Å². The molecule has 1 heterocycles. The number of halogens is 1. The van der Waals surface area contributed by atoms with Crippen LogP contribution in [0.2, 0.25) is 0 Å². The van der Waals surface area contributed by atoms with Gasteiger partial charge in [-0.2, -0.15) is 0 Å². The van der Waals surface area contributed by atoms with Crippen LogP contribution in [-0.2, 0) is 13.0 Å². The summed E-state index contributed by atoms with van der Waals surface area (Å²) >= 11 is 0. The van der Waals surface area contributed by atoms with Gasteiger partial charge in [0.1, 0.15) is 0 Å². The van der Waals surface area contributed by atoms with Gasteiger partial charge in [0.15, 0.2) is 17.5 Å².